The molecule has 0 aliphatic heterocycles. The van der Waals surface area contributed by atoms with Crippen LogP contribution in [0.5, 0.6) is 5.75 Å². The summed E-state index contributed by atoms with van der Waals surface area (Å²) in [5, 5.41) is 3.58. The molecule has 4 heteroatoms. The predicted molar refractivity (Wildman–Crippen MR) is 80.6 cm³/mol. The van der Waals surface area contributed by atoms with Crippen molar-refractivity contribution in [2.75, 3.05) is 0 Å². The fourth-order valence-corrected chi connectivity index (χ4v) is 3.57. The molecule has 0 radical (unpaired) electrons. The van der Waals surface area contributed by atoms with Crippen molar-refractivity contribution in [3.05, 3.63) is 29.8 Å². The molecule has 1 aliphatic rings. The van der Waals surface area contributed by atoms with E-state index in [9.17, 15) is 8.78 Å². The lowest BCUT2D eigenvalue weighted by Crippen LogP contribution is -2.37. The van der Waals surface area contributed by atoms with Gasteiger partial charge in [-0.1, -0.05) is 32.0 Å². The number of benzene rings is 1. The van der Waals surface area contributed by atoms with Crippen molar-refractivity contribution in [2.24, 2.45) is 11.8 Å². The molecule has 3 unspecified atom stereocenters. The maximum atomic E-state index is 12.5. The first-order chi connectivity index (χ1) is 9.95. The van der Waals surface area contributed by atoms with Gasteiger partial charge < -0.3 is 10.1 Å². The zero-order valence-corrected chi connectivity index (χ0v) is 13.0. The molecule has 0 heterocycles. The SMILES string of the molecule is CC1CC(C)CC(NC(C)c2ccccc2OC(F)F)C1. The summed E-state index contributed by atoms with van der Waals surface area (Å²) in [5.74, 6) is 1.70. The number of halogens is 2. The van der Waals surface area contributed by atoms with Gasteiger partial charge in [0.2, 0.25) is 0 Å². The Morgan fingerprint density at radius 1 is 1.10 bits per heavy atom. The van der Waals surface area contributed by atoms with Gasteiger partial charge in [0.15, 0.2) is 0 Å². The van der Waals surface area contributed by atoms with Crippen LogP contribution in [0.1, 0.15) is 51.6 Å². The topological polar surface area (TPSA) is 21.3 Å². The summed E-state index contributed by atoms with van der Waals surface area (Å²) in [6.45, 7) is 3.79. The zero-order chi connectivity index (χ0) is 15.4. The normalized spacial score (nSPS) is 27.6. The van der Waals surface area contributed by atoms with E-state index in [1.165, 1.54) is 6.42 Å². The quantitative estimate of drug-likeness (QED) is 0.845. The summed E-state index contributed by atoms with van der Waals surface area (Å²) in [6, 6.07) is 7.48. The van der Waals surface area contributed by atoms with Gasteiger partial charge in [-0.15, -0.1) is 0 Å². The number of ether oxygens (including phenoxy) is 1. The molecule has 3 atom stereocenters. The van der Waals surface area contributed by atoms with Gasteiger partial charge in [-0.2, -0.15) is 8.78 Å². The molecule has 118 valence electrons. The Labute approximate surface area is 125 Å². The van der Waals surface area contributed by atoms with Crippen LogP contribution in [0.25, 0.3) is 0 Å². The maximum absolute atomic E-state index is 12.5. The molecule has 0 amide bonds. The monoisotopic (exact) mass is 297 g/mol. The molecule has 2 nitrogen and oxygen atoms in total. The van der Waals surface area contributed by atoms with E-state index in [2.05, 4.69) is 23.9 Å². The highest BCUT2D eigenvalue weighted by molar-refractivity contribution is 5.35. The van der Waals surface area contributed by atoms with Crippen molar-refractivity contribution < 1.29 is 13.5 Å². The van der Waals surface area contributed by atoms with Gasteiger partial charge in [0.25, 0.3) is 0 Å². The lowest BCUT2D eigenvalue weighted by Gasteiger charge is -2.34. The smallest absolute Gasteiger partial charge is 0.387 e. The fraction of sp³-hybridized carbons (Fsp3) is 0.647. The summed E-state index contributed by atoms with van der Waals surface area (Å²) >= 11 is 0. The van der Waals surface area contributed by atoms with E-state index in [0.29, 0.717) is 17.9 Å². The van der Waals surface area contributed by atoms with Gasteiger partial charge in [0.05, 0.1) is 0 Å². The minimum Gasteiger partial charge on any atom is -0.434 e. The summed E-state index contributed by atoms with van der Waals surface area (Å²) < 4.78 is 29.6. The number of hydrogen-bond donors (Lipinski definition) is 1. The van der Waals surface area contributed by atoms with E-state index >= 15 is 0 Å². The molecule has 1 aliphatic carbocycles. The Hall–Kier alpha value is -1.16. The van der Waals surface area contributed by atoms with Crippen molar-refractivity contribution in [1.82, 2.24) is 5.32 Å². The molecule has 0 aromatic heterocycles. The summed E-state index contributed by atoms with van der Waals surface area (Å²) in [6.07, 6.45) is 3.57. The number of alkyl halides is 2. The molecule has 0 saturated heterocycles. The van der Waals surface area contributed by atoms with Crippen LogP contribution in [0.2, 0.25) is 0 Å². The van der Waals surface area contributed by atoms with E-state index in [-0.39, 0.29) is 11.8 Å². The van der Waals surface area contributed by atoms with Crippen LogP contribution in [0.4, 0.5) is 8.78 Å². The second-order valence-electron chi connectivity index (χ2n) is 6.42. The van der Waals surface area contributed by atoms with Gasteiger partial charge in [-0.3, -0.25) is 0 Å². The highest BCUT2D eigenvalue weighted by Crippen LogP contribution is 2.32. The standard InChI is InChI=1S/C17H25F2NO/c1-11-8-12(2)10-14(9-11)20-13(3)15-6-4-5-7-16(15)21-17(18)19/h4-7,11-14,17,20H,8-10H2,1-3H3. The second-order valence-corrected chi connectivity index (χ2v) is 6.42. The van der Waals surface area contributed by atoms with E-state index < -0.39 is 6.61 Å². The Balaban J connectivity index is 2.04. The average molecular weight is 297 g/mol. The van der Waals surface area contributed by atoms with Gasteiger partial charge in [-0.05, 0) is 44.1 Å². The highest BCUT2D eigenvalue weighted by atomic mass is 19.3. The molecule has 1 aromatic carbocycles. The number of para-hydroxylation sites is 1. The van der Waals surface area contributed by atoms with Crippen molar-refractivity contribution >= 4 is 0 Å². The van der Waals surface area contributed by atoms with Crippen molar-refractivity contribution in [1.29, 1.82) is 0 Å². The summed E-state index contributed by atoms with van der Waals surface area (Å²) in [7, 11) is 0. The Kier molecular flexibility index (Phi) is 5.57. The van der Waals surface area contributed by atoms with Crippen LogP contribution in [0, 0.1) is 11.8 Å². The lowest BCUT2D eigenvalue weighted by molar-refractivity contribution is -0.0507. The van der Waals surface area contributed by atoms with Gasteiger partial charge in [-0.25, -0.2) is 0 Å². The van der Waals surface area contributed by atoms with Crippen LogP contribution in [-0.4, -0.2) is 12.7 Å². The Morgan fingerprint density at radius 2 is 1.71 bits per heavy atom. The first-order valence-electron chi connectivity index (χ1n) is 7.75. The predicted octanol–water partition coefficient (Wildman–Crippen LogP) is 4.76. The van der Waals surface area contributed by atoms with Crippen molar-refractivity contribution in [3.8, 4) is 5.75 Å². The fourth-order valence-electron chi connectivity index (χ4n) is 3.57. The average Bonchev–Trinajstić information content (AvgIpc) is 2.37. The van der Waals surface area contributed by atoms with Crippen LogP contribution in [-0.2, 0) is 0 Å². The molecule has 2 rings (SSSR count). The molecule has 1 saturated carbocycles. The lowest BCUT2D eigenvalue weighted by atomic mass is 9.80. The highest BCUT2D eigenvalue weighted by Gasteiger charge is 2.25. The molecule has 21 heavy (non-hydrogen) atoms. The van der Waals surface area contributed by atoms with Crippen LogP contribution in [0.15, 0.2) is 24.3 Å². The van der Waals surface area contributed by atoms with Crippen LogP contribution in [0.3, 0.4) is 0 Å². The van der Waals surface area contributed by atoms with E-state index in [1.54, 1.807) is 12.1 Å². The molecule has 1 aromatic rings. The zero-order valence-electron chi connectivity index (χ0n) is 13.0. The van der Waals surface area contributed by atoms with Gasteiger partial charge in [0, 0.05) is 17.6 Å². The Bertz CT molecular complexity index is 442. The van der Waals surface area contributed by atoms with Crippen LogP contribution < -0.4 is 10.1 Å². The third-order valence-corrected chi connectivity index (χ3v) is 4.27. The Morgan fingerprint density at radius 3 is 2.33 bits per heavy atom. The second kappa shape index (κ2) is 7.21. The molecule has 0 bridgehead atoms. The number of hydrogen-bond acceptors (Lipinski definition) is 2. The summed E-state index contributed by atoms with van der Waals surface area (Å²) in [5.41, 5.74) is 0.795. The minimum absolute atomic E-state index is 0.00227. The largest absolute Gasteiger partial charge is 0.434 e. The number of nitrogens with one attached hydrogen (secondary N) is 1. The molecular formula is C17H25F2NO. The molecule has 1 fully saturated rings. The van der Waals surface area contributed by atoms with Crippen molar-refractivity contribution in [3.63, 3.8) is 0 Å². The van der Waals surface area contributed by atoms with Gasteiger partial charge in [0.1, 0.15) is 5.75 Å². The van der Waals surface area contributed by atoms with E-state index in [0.717, 1.165) is 18.4 Å². The molecular weight excluding hydrogens is 272 g/mol. The van der Waals surface area contributed by atoms with E-state index in [4.69, 9.17) is 0 Å². The van der Waals surface area contributed by atoms with E-state index in [1.807, 2.05) is 19.1 Å². The first kappa shape index (κ1) is 16.2. The molecule has 1 N–H and O–H groups in total. The van der Waals surface area contributed by atoms with Crippen molar-refractivity contribution in [2.45, 2.75) is 58.7 Å². The third-order valence-electron chi connectivity index (χ3n) is 4.27. The minimum atomic E-state index is -2.78. The maximum Gasteiger partial charge on any atom is 0.387 e. The number of rotatable bonds is 5. The third kappa shape index (κ3) is 4.67. The summed E-state index contributed by atoms with van der Waals surface area (Å²) in [4.78, 5) is 0. The van der Waals surface area contributed by atoms with Gasteiger partial charge >= 0.3 is 6.61 Å². The van der Waals surface area contributed by atoms with Crippen LogP contribution >= 0.6 is 0 Å². The first-order valence-corrected chi connectivity index (χ1v) is 7.75. The molecule has 0 spiro atoms.